The van der Waals surface area contributed by atoms with Crippen LogP contribution in [0.3, 0.4) is 0 Å². The molecule has 0 bridgehead atoms. The minimum absolute atomic E-state index is 0.249. The molecule has 142 valence electrons. The molecule has 0 atom stereocenters. The predicted molar refractivity (Wildman–Crippen MR) is 105 cm³/mol. The topological polar surface area (TPSA) is 174 Å². The minimum Gasteiger partial charge on any atom is -0.369 e. The first-order chi connectivity index (χ1) is 13.3. The molecule has 2 aromatic heterocycles. The van der Waals surface area contributed by atoms with Gasteiger partial charge in [-0.15, -0.1) is 0 Å². The van der Waals surface area contributed by atoms with Crippen molar-refractivity contribution in [3.05, 3.63) is 47.5 Å². The quantitative estimate of drug-likeness (QED) is 0.409. The predicted octanol–water partition coefficient (Wildman–Crippen LogP) is 0.815. The second kappa shape index (κ2) is 5.98. The van der Waals surface area contributed by atoms with Crippen LogP contribution in [0, 0.1) is 0 Å². The van der Waals surface area contributed by atoms with Crippen LogP contribution in [-0.4, -0.2) is 30.9 Å². The molecule has 0 spiro atoms. The first kappa shape index (κ1) is 17.3. The summed E-state index contributed by atoms with van der Waals surface area (Å²) >= 11 is 0. The van der Waals surface area contributed by atoms with Crippen LogP contribution in [-0.2, 0) is 0 Å². The number of primary amides is 2. The molecule has 0 aliphatic rings. The molecule has 0 fully saturated rings. The molecule has 0 aliphatic heterocycles. The minimum atomic E-state index is -0.543. The van der Waals surface area contributed by atoms with Gasteiger partial charge in [-0.2, -0.15) is 0 Å². The van der Waals surface area contributed by atoms with Gasteiger partial charge in [-0.25, -0.2) is 9.97 Å². The Bertz CT molecular complexity index is 1170. The molecule has 2 heterocycles. The molecule has 8 N–H and O–H groups in total. The van der Waals surface area contributed by atoms with Crippen molar-refractivity contribution in [2.24, 2.45) is 11.5 Å². The fourth-order valence-corrected chi connectivity index (χ4v) is 3.44. The van der Waals surface area contributed by atoms with E-state index < -0.39 is 11.8 Å². The van der Waals surface area contributed by atoms with E-state index in [4.69, 9.17) is 22.9 Å². The highest BCUT2D eigenvalue weighted by Crippen LogP contribution is 2.29. The molecule has 0 saturated carbocycles. The van der Waals surface area contributed by atoms with Gasteiger partial charge in [-0.1, -0.05) is 0 Å². The zero-order valence-corrected chi connectivity index (χ0v) is 15.0. The monoisotopic (exact) mass is 378 g/mol. The summed E-state index contributed by atoms with van der Waals surface area (Å²) in [5.74, 6) is -0.588. The van der Waals surface area contributed by atoms with Gasteiger partial charge in [0.25, 0.3) is 0 Å². The number of fused-ring (bicyclic) bond motifs is 2. The lowest BCUT2D eigenvalue weighted by molar-refractivity contribution is 0.0992. The van der Waals surface area contributed by atoms with Crippen LogP contribution in [0.25, 0.3) is 22.1 Å². The van der Waals surface area contributed by atoms with Crippen LogP contribution in [0.15, 0.2) is 36.4 Å². The molecular weight excluding hydrogens is 360 g/mol. The van der Waals surface area contributed by atoms with E-state index in [9.17, 15) is 9.59 Å². The average Bonchev–Trinajstić information content (AvgIpc) is 3.14. The third-order valence-corrected chi connectivity index (χ3v) is 4.75. The van der Waals surface area contributed by atoms with E-state index in [1.54, 1.807) is 45.5 Å². The molecule has 0 saturated heterocycles. The summed E-state index contributed by atoms with van der Waals surface area (Å²) in [4.78, 5) is 31.5. The number of anilines is 2. The highest BCUT2D eigenvalue weighted by atomic mass is 16.1. The fraction of sp³-hybridized carbons (Fsp3) is 0.111. The highest BCUT2D eigenvalue weighted by Gasteiger charge is 2.21. The van der Waals surface area contributed by atoms with Gasteiger partial charge in [0.1, 0.15) is 6.17 Å². The van der Waals surface area contributed by atoms with E-state index in [0.717, 1.165) is 0 Å². The summed E-state index contributed by atoms with van der Waals surface area (Å²) in [5, 5.41) is 0. The van der Waals surface area contributed by atoms with E-state index in [0.29, 0.717) is 33.2 Å². The van der Waals surface area contributed by atoms with Crippen LogP contribution in [0.5, 0.6) is 0 Å². The Balaban J connectivity index is 1.89. The zero-order valence-electron chi connectivity index (χ0n) is 15.0. The largest absolute Gasteiger partial charge is 0.369 e. The van der Waals surface area contributed by atoms with E-state index in [2.05, 4.69) is 9.97 Å². The molecule has 2 aromatic carbocycles. The average molecular weight is 378 g/mol. The van der Waals surface area contributed by atoms with Crippen molar-refractivity contribution in [1.29, 1.82) is 0 Å². The highest BCUT2D eigenvalue weighted by molar-refractivity contribution is 5.97. The molecule has 10 nitrogen and oxygen atoms in total. The summed E-state index contributed by atoms with van der Waals surface area (Å²) in [7, 11) is 0. The van der Waals surface area contributed by atoms with Gasteiger partial charge >= 0.3 is 0 Å². The Morgan fingerprint density at radius 1 is 0.821 bits per heavy atom. The van der Waals surface area contributed by atoms with Gasteiger partial charge in [-0.05, 0) is 43.3 Å². The maximum Gasteiger partial charge on any atom is 0.248 e. The van der Waals surface area contributed by atoms with Gasteiger partial charge in [0, 0.05) is 11.1 Å². The van der Waals surface area contributed by atoms with E-state index >= 15 is 0 Å². The normalized spacial score (nSPS) is 11.5. The van der Waals surface area contributed by atoms with Crippen LogP contribution < -0.4 is 22.9 Å². The summed E-state index contributed by atoms with van der Waals surface area (Å²) in [6, 6.07) is 9.87. The Hall–Kier alpha value is -4.08. The van der Waals surface area contributed by atoms with Crippen LogP contribution in [0.1, 0.15) is 33.8 Å². The second-order valence-corrected chi connectivity index (χ2v) is 6.45. The third kappa shape index (κ3) is 2.50. The van der Waals surface area contributed by atoms with Crippen molar-refractivity contribution in [3.8, 4) is 0 Å². The number of imidazole rings is 2. The van der Waals surface area contributed by atoms with Gasteiger partial charge in [-0.3, -0.25) is 18.7 Å². The molecule has 2 amide bonds. The Labute approximate surface area is 158 Å². The Morgan fingerprint density at radius 2 is 1.21 bits per heavy atom. The lowest BCUT2D eigenvalue weighted by Crippen LogP contribution is -2.18. The van der Waals surface area contributed by atoms with Crippen molar-refractivity contribution in [3.63, 3.8) is 0 Å². The van der Waals surface area contributed by atoms with Crippen molar-refractivity contribution < 1.29 is 9.59 Å². The molecule has 4 aromatic rings. The molecule has 0 radical (unpaired) electrons. The van der Waals surface area contributed by atoms with Gasteiger partial charge in [0.05, 0.1) is 22.1 Å². The number of nitrogens with zero attached hydrogens (tertiary/aromatic N) is 4. The number of nitrogens with two attached hydrogens (primary N) is 4. The molecule has 0 aliphatic carbocycles. The maximum absolute atomic E-state index is 11.4. The first-order valence-corrected chi connectivity index (χ1v) is 8.42. The number of hydrogen-bond acceptors (Lipinski definition) is 6. The van der Waals surface area contributed by atoms with Crippen molar-refractivity contribution in [2.75, 3.05) is 11.5 Å². The number of rotatable bonds is 4. The summed E-state index contributed by atoms with van der Waals surface area (Å²) in [6.45, 7) is 1.89. The van der Waals surface area contributed by atoms with Crippen molar-refractivity contribution >= 4 is 45.8 Å². The lowest BCUT2D eigenvalue weighted by Gasteiger charge is -2.20. The number of carbonyl (C=O) groups excluding carboxylic acids is 2. The molecule has 0 unspecified atom stereocenters. The van der Waals surface area contributed by atoms with Gasteiger partial charge < -0.3 is 22.9 Å². The maximum atomic E-state index is 11.4. The van der Waals surface area contributed by atoms with Crippen molar-refractivity contribution in [1.82, 2.24) is 19.1 Å². The number of aromatic nitrogens is 4. The lowest BCUT2D eigenvalue weighted by atomic mass is 10.2. The number of nitrogen functional groups attached to an aromatic ring is 2. The SMILES string of the molecule is CC(n1c(N)nc2cc(C(N)=O)ccc21)n1c(N)nc2cc(C(N)=O)ccc21. The van der Waals surface area contributed by atoms with E-state index in [-0.39, 0.29) is 18.1 Å². The molecule has 10 heteroatoms. The molecular formula is C18H18N8O2. The van der Waals surface area contributed by atoms with Crippen LogP contribution >= 0.6 is 0 Å². The van der Waals surface area contributed by atoms with Gasteiger partial charge in [0.2, 0.25) is 23.7 Å². The Kier molecular flexibility index (Phi) is 3.70. The third-order valence-electron chi connectivity index (χ3n) is 4.75. The number of benzene rings is 2. The number of hydrogen-bond donors (Lipinski definition) is 4. The summed E-state index contributed by atoms with van der Waals surface area (Å²) in [6.07, 6.45) is -0.381. The molecule has 28 heavy (non-hydrogen) atoms. The number of amides is 2. The standard InChI is InChI=1S/C18H18N8O2/c1-8(25-13-4-2-9(15(19)27)6-11(13)23-17(25)21)26-14-5-3-10(16(20)28)7-12(14)24-18(26)22/h2-8H,1H3,(H2,19,27)(H2,20,28)(H2,21,23)(H2,22,24). The smallest absolute Gasteiger partial charge is 0.248 e. The molecule has 4 rings (SSSR count). The van der Waals surface area contributed by atoms with Crippen LogP contribution in [0.2, 0.25) is 0 Å². The van der Waals surface area contributed by atoms with E-state index in [1.165, 1.54) is 0 Å². The number of carbonyl (C=O) groups is 2. The van der Waals surface area contributed by atoms with Crippen LogP contribution in [0.4, 0.5) is 11.9 Å². The van der Waals surface area contributed by atoms with E-state index in [1.807, 2.05) is 6.92 Å². The van der Waals surface area contributed by atoms with Gasteiger partial charge in [0.15, 0.2) is 0 Å². The Morgan fingerprint density at radius 3 is 1.57 bits per heavy atom. The summed E-state index contributed by atoms with van der Waals surface area (Å²) < 4.78 is 3.55. The van der Waals surface area contributed by atoms with Crippen molar-refractivity contribution in [2.45, 2.75) is 13.1 Å². The fourth-order valence-electron chi connectivity index (χ4n) is 3.44. The zero-order chi connectivity index (χ0) is 20.2. The second-order valence-electron chi connectivity index (χ2n) is 6.45. The first-order valence-electron chi connectivity index (χ1n) is 8.42. The summed E-state index contributed by atoms with van der Waals surface area (Å²) in [5.41, 5.74) is 26.2.